The van der Waals surface area contributed by atoms with Crippen molar-refractivity contribution >= 4 is 23.0 Å². The van der Waals surface area contributed by atoms with Crippen LogP contribution in [0, 0.1) is 11.3 Å². The number of nitrogens with one attached hydrogen (secondary N) is 2. The molecule has 3 aromatic rings. The molecule has 0 atom stereocenters. The van der Waals surface area contributed by atoms with Gasteiger partial charge in [0.05, 0.1) is 0 Å². The molecule has 2 N–H and O–H groups in total. The number of nitriles is 1. The first-order valence-corrected chi connectivity index (χ1v) is 7.64. The van der Waals surface area contributed by atoms with E-state index in [1.807, 2.05) is 48.5 Å². The van der Waals surface area contributed by atoms with Gasteiger partial charge >= 0.3 is 0 Å². The maximum Gasteiger partial charge on any atom is 0.261 e. The molecular formula is C19H16N4O. The van der Waals surface area contributed by atoms with E-state index >= 15 is 0 Å². The largest absolute Gasteiger partial charge is 0.351 e. The quantitative estimate of drug-likeness (QED) is 0.561. The van der Waals surface area contributed by atoms with Gasteiger partial charge in [0.25, 0.3) is 5.91 Å². The van der Waals surface area contributed by atoms with Crippen LogP contribution in [0.4, 0.5) is 0 Å². The molecule has 3 rings (SSSR count). The Morgan fingerprint density at radius 1 is 1.25 bits per heavy atom. The highest BCUT2D eigenvalue weighted by Gasteiger charge is 2.10. The zero-order valence-electron chi connectivity index (χ0n) is 13.0. The number of nitrogens with zero attached hydrogens (tertiary/aromatic N) is 2. The van der Waals surface area contributed by atoms with E-state index in [2.05, 4.69) is 15.3 Å². The van der Waals surface area contributed by atoms with E-state index in [0.29, 0.717) is 6.54 Å². The van der Waals surface area contributed by atoms with Gasteiger partial charge in [-0.3, -0.25) is 4.79 Å². The van der Waals surface area contributed by atoms with Crippen LogP contribution in [-0.4, -0.2) is 22.4 Å². The van der Waals surface area contributed by atoms with Crippen molar-refractivity contribution in [1.82, 2.24) is 15.3 Å². The van der Waals surface area contributed by atoms with Gasteiger partial charge in [-0.1, -0.05) is 30.3 Å². The predicted octanol–water partition coefficient (Wildman–Crippen LogP) is 2.83. The summed E-state index contributed by atoms with van der Waals surface area (Å²) < 4.78 is 0. The topological polar surface area (TPSA) is 81.6 Å². The lowest BCUT2D eigenvalue weighted by Crippen LogP contribution is -2.26. The molecule has 24 heavy (non-hydrogen) atoms. The number of H-pyrrole nitrogens is 1. The molecular weight excluding hydrogens is 300 g/mol. The Morgan fingerprint density at radius 2 is 2.08 bits per heavy atom. The van der Waals surface area contributed by atoms with Crippen LogP contribution < -0.4 is 5.32 Å². The van der Waals surface area contributed by atoms with Crippen LogP contribution in [0.5, 0.6) is 0 Å². The van der Waals surface area contributed by atoms with Crippen molar-refractivity contribution in [2.75, 3.05) is 6.54 Å². The van der Waals surface area contributed by atoms with Crippen molar-refractivity contribution in [2.24, 2.45) is 0 Å². The summed E-state index contributed by atoms with van der Waals surface area (Å²) in [7, 11) is 0. The van der Waals surface area contributed by atoms with Gasteiger partial charge in [-0.05, 0) is 30.2 Å². The van der Waals surface area contributed by atoms with Crippen molar-refractivity contribution < 1.29 is 4.79 Å². The first kappa shape index (κ1) is 15.5. The highest BCUT2D eigenvalue weighted by Crippen LogP contribution is 2.18. The van der Waals surface area contributed by atoms with Gasteiger partial charge in [-0.2, -0.15) is 5.26 Å². The fraction of sp³-hybridized carbons (Fsp3) is 0.105. The fourth-order valence-corrected chi connectivity index (χ4v) is 2.46. The molecule has 1 aromatic carbocycles. The Labute approximate surface area is 139 Å². The average molecular weight is 316 g/mol. The van der Waals surface area contributed by atoms with Gasteiger partial charge in [0.1, 0.15) is 17.3 Å². The summed E-state index contributed by atoms with van der Waals surface area (Å²) in [5, 5.41) is 12.9. The third-order valence-corrected chi connectivity index (χ3v) is 3.69. The normalized spacial score (nSPS) is 11.2. The van der Waals surface area contributed by atoms with E-state index in [4.69, 9.17) is 0 Å². The first-order valence-electron chi connectivity index (χ1n) is 7.64. The van der Waals surface area contributed by atoms with Crippen LogP contribution in [-0.2, 0) is 11.2 Å². The van der Waals surface area contributed by atoms with Crippen LogP contribution in [0.15, 0.2) is 60.4 Å². The predicted molar refractivity (Wildman–Crippen MR) is 92.8 cm³/mol. The molecule has 0 aliphatic rings. The van der Waals surface area contributed by atoms with Crippen molar-refractivity contribution in [3.05, 3.63) is 71.6 Å². The maximum atomic E-state index is 12.2. The van der Waals surface area contributed by atoms with E-state index in [0.717, 1.165) is 28.6 Å². The molecule has 0 aliphatic heterocycles. The Kier molecular flexibility index (Phi) is 4.68. The first-order chi connectivity index (χ1) is 11.8. The van der Waals surface area contributed by atoms with Crippen molar-refractivity contribution in [3.63, 3.8) is 0 Å². The summed E-state index contributed by atoms with van der Waals surface area (Å²) >= 11 is 0. The smallest absolute Gasteiger partial charge is 0.261 e. The van der Waals surface area contributed by atoms with Gasteiger partial charge in [0, 0.05) is 29.9 Å². The third kappa shape index (κ3) is 3.50. The van der Waals surface area contributed by atoms with Crippen LogP contribution in [0.2, 0.25) is 0 Å². The van der Waals surface area contributed by atoms with E-state index < -0.39 is 0 Å². The SMILES string of the molecule is N#CC(=Cc1c[nH]c2ncccc12)C(=O)NCCc1ccccc1. The number of hydrogen-bond donors (Lipinski definition) is 2. The third-order valence-electron chi connectivity index (χ3n) is 3.69. The Hall–Kier alpha value is -3.39. The lowest BCUT2D eigenvalue weighted by atomic mass is 10.1. The number of benzene rings is 1. The molecule has 0 spiro atoms. The monoisotopic (exact) mass is 316 g/mol. The number of aromatic nitrogens is 2. The van der Waals surface area contributed by atoms with Crippen LogP contribution >= 0.6 is 0 Å². The summed E-state index contributed by atoms with van der Waals surface area (Å²) in [6.07, 6.45) is 5.74. The molecule has 0 aliphatic carbocycles. The molecule has 0 bridgehead atoms. The van der Waals surface area contributed by atoms with Gasteiger partial charge in [-0.15, -0.1) is 0 Å². The van der Waals surface area contributed by atoms with Gasteiger partial charge in [-0.25, -0.2) is 4.98 Å². The summed E-state index contributed by atoms with van der Waals surface area (Å²) in [5.41, 5.74) is 2.72. The van der Waals surface area contributed by atoms with E-state index in [9.17, 15) is 10.1 Å². The zero-order chi connectivity index (χ0) is 16.8. The summed E-state index contributed by atoms with van der Waals surface area (Å²) in [6, 6.07) is 15.6. The molecule has 5 heteroatoms. The molecule has 0 saturated carbocycles. The Bertz CT molecular complexity index is 919. The summed E-state index contributed by atoms with van der Waals surface area (Å²) in [6.45, 7) is 0.483. The molecule has 0 radical (unpaired) electrons. The van der Waals surface area contributed by atoms with Gasteiger partial charge < -0.3 is 10.3 Å². The Balaban J connectivity index is 1.69. The van der Waals surface area contributed by atoms with Gasteiger partial charge in [0.15, 0.2) is 0 Å². The molecule has 2 aromatic heterocycles. The number of aromatic amines is 1. The second kappa shape index (κ2) is 7.25. The number of hydrogen-bond acceptors (Lipinski definition) is 3. The minimum absolute atomic E-state index is 0.0767. The Morgan fingerprint density at radius 3 is 2.88 bits per heavy atom. The number of carbonyl (C=O) groups excluding carboxylic acids is 1. The van der Waals surface area contributed by atoms with Crippen molar-refractivity contribution in [3.8, 4) is 6.07 Å². The van der Waals surface area contributed by atoms with Crippen LogP contribution in [0.25, 0.3) is 17.1 Å². The highest BCUT2D eigenvalue weighted by atomic mass is 16.1. The molecule has 0 fully saturated rings. The number of carbonyl (C=O) groups is 1. The van der Waals surface area contributed by atoms with E-state index in [1.54, 1.807) is 18.5 Å². The van der Waals surface area contributed by atoms with Crippen molar-refractivity contribution in [1.29, 1.82) is 5.26 Å². The highest BCUT2D eigenvalue weighted by molar-refractivity contribution is 6.03. The lowest BCUT2D eigenvalue weighted by Gasteiger charge is -2.04. The molecule has 5 nitrogen and oxygen atoms in total. The van der Waals surface area contributed by atoms with Crippen LogP contribution in [0.3, 0.4) is 0 Å². The fourth-order valence-electron chi connectivity index (χ4n) is 2.46. The number of amides is 1. The van der Waals surface area contributed by atoms with E-state index in [-0.39, 0.29) is 11.5 Å². The number of rotatable bonds is 5. The van der Waals surface area contributed by atoms with E-state index in [1.165, 1.54) is 0 Å². The minimum atomic E-state index is -0.369. The molecule has 0 unspecified atom stereocenters. The molecule has 0 saturated heterocycles. The molecule has 118 valence electrons. The van der Waals surface area contributed by atoms with Gasteiger partial charge in [0.2, 0.25) is 0 Å². The molecule has 1 amide bonds. The number of pyridine rings is 1. The second-order valence-corrected chi connectivity index (χ2v) is 5.30. The summed E-state index contributed by atoms with van der Waals surface area (Å²) in [5.74, 6) is -0.369. The molecule has 2 heterocycles. The van der Waals surface area contributed by atoms with Crippen molar-refractivity contribution in [2.45, 2.75) is 6.42 Å². The maximum absolute atomic E-state index is 12.2. The summed E-state index contributed by atoms with van der Waals surface area (Å²) in [4.78, 5) is 19.4. The lowest BCUT2D eigenvalue weighted by molar-refractivity contribution is -0.117. The standard InChI is InChI=1S/C19H16N4O/c20-12-15(11-16-13-23-18-17(16)7-4-9-21-18)19(24)22-10-8-14-5-2-1-3-6-14/h1-7,9,11,13H,8,10H2,(H,21,23)(H,22,24). The second-order valence-electron chi connectivity index (χ2n) is 5.30. The minimum Gasteiger partial charge on any atom is -0.351 e. The zero-order valence-corrected chi connectivity index (χ0v) is 13.0. The number of fused-ring (bicyclic) bond motifs is 1. The average Bonchev–Trinajstić information content (AvgIpc) is 3.03. The van der Waals surface area contributed by atoms with Crippen LogP contribution in [0.1, 0.15) is 11.1 Å².